The number of benzene rings is 4. The molecule has 5 aromatic rings. The molecule has 0 radical (unpaired) electrons. The SMILES string of the molecule is Cc1c2c(c(CC(C)(C)C)c3ccc(CC(C)(C)C)cc13)Sc1cc3c(C)c(CC(C)(C)C)ccc3c3cc[n+](C)c-2c13. The molecule has 0 saturated heterocycles. The van der Waals surface area contributed by atoms with E-state index in [2.05, 4.69) is 136 Å². The van der Waals surface area contributed by atoms with Crippen LogP contribution < -0.4 is 4.57 Å². The Balaban J connectivity index is 1.71. The molecular formula is C41H50NS+. The topological polar surface area (TPSA) is 3.88 Å². The van der Waals surface area contributed by atoms with Crippen LogP contribution in [-0.2, 0) is 26.3 Å². The first-order chi connectivity index (χ1) is 19.9. The quantitative estimate of drug-likeness (QED) is 0.147. The van der Waals surface area contributed by atoms with Gasteiger partial charge < -0.3 is 0 Å². The van der Waals surface area contributed by atoms with Gasteiger partial charge in [-0.2, -0.15) is 0 Å². The maximum Gasteiger partial charge on any atom is 0.222 e. The maximum atomic E-state index is 2.52. The van der Waals surface area contributed by atoms with E-state index in [1.54, 1.807) is 0 Å². The standard InChI is InChI=1S/C41H50NS/c1-24-27(22-40(6,7)8)14-16-28-30-17-18-42(12)37-35-25(2)31-19-26(21-39(3,4)5)13-15-29(31)33(23-41(9,10)11)38(35)43-34(36(30)37)20-32(24)28/h13-20H,21-23H2,1-12H3/q+1. The molecule has 1 aliphatic rings. The van der Waals surface area contributed by atoms with Crippen LogP contribution in [0.15, 0.2) is 58.5 Å². The molecule has 4 aromatic carbocycles. The van der Waals surface area contributed by atoms with Gasteiger partial charge in [0.15, 0.2) is 6.20 Å². The van der Waals surface area contributed by atoms with Crippen LogP contribution >= 0.6 is 11.8 Å². The zero-order valence-corrected chi connectivity index (χ0v) is 29.4. The summed E-state index contributed by atoms with van der Waals surface area (Å²) in [4.78, 5) is 2.86. The van der Waals surface area contributed by atoms with Crippen LogP contribution in [0.3, 0.4) is 0 Å². The van der Waals surface area contributed by atoms with Crippen LogP contribution in [0.25, 0.3) is 43.6 Å². The number of nitrogens with zero attached hydrogens (tertiary/aromatic N) is 1. The van der Waals surface area contributed by atoms with Gasteiger partial charge >= 0.3 is 0 Å². The van der Waals surface area contributed by atoms with Gasteiger partial charge in [-0.05, 0) is 105 Å². The van der Waals surface area contributed by atoms with Gasteiger partial charge in [-0.1, -0.05) is 104 Å². The van der Waals surface area contributed by atoms with E-state index >= 15 is 0 Å². The molecule has 0 N–H and O–H groups in total. The summed E-state index contributed by atoms with van der Waals surface area (Å²) in [5.41, 5.74) is 10.8. The number of rotatable bonds is 3. The average Bonchev–Trinajstić information content (AvgIpc) is 2.87. The Labute approximate surface area is 264 Å². The second-order valence-corrected chi connectivity index (χ2v) is 17.9. The number of aryl methyl sites for hydroxylation is 3. The molecule has 0 spiro atoms. The third kappa shape index (κ3) is 5.50. The highest BCUT2D eigenvalue weighted by Gasteiger charge is 2.33. The van der Waals surface area contributed by atoms with Crippen LogP contribution in [0.2, 0.25) is 0 Å². The van der Waals surface area contributed by atoms with E-state index in [-0.39, 0.29) is 16.2 Å². The summed E-state index contributed by atoms with van der Waals surface area (Å²) in [7, 11) is 2.24. The van der Waals surface area contributed by atoms with Crippen molar-refractivity contribution < 1.29 is 4.57 Å². The Morgan fingerprint density at radius 1 is 0.628 bits per heavy atom. The summed E-state index contributed by atoms with van der Waals surface area (Å²) in [6.07, 6.45) is 5.51. The molecule has 1 nitrogen and oxygen atoms in total. The van der Waals surface area contributed by atoms with Crippen molar-refractivity contribution in [2.24, 2.45) is 23.3 Å². The third-order valence-electron chi connectivity index (χ3n) is 9.06. The van der Waals surface area contributed by atoms with E-state index in [1.165, 1.54) is 81.2 Å². The first-order valence-corrected chi connectivity index (χ1v) is 16.9. The molecule has 0 fully saturated rings. The molecule has 1 aromatic heterocycles. The molecule has 0 bridgehead atoms. The maximum absolute atomic E-state index is 2.52. The van der Waals surface area contributed by atoms with E-state index in [4.69, 9.17) is 0 Å². The van der Waals surface area contributed by atoms with Gasteiger partial charge in [-0.15, -0.1) is 0 Å². The summed E-state index contributed by atoms with van der Waals surface area (Å²) in [5, 5.41) is 8.42. The second kappa shape index (κ2) is 10.1. The lowest BCUT2D eigenvalue weighted by Crippen LogP contribution is -2.32. The minimum atomic E-state index is 0.177. The van der Waals surface area contributed by atoms with E-state index < -0.39 is 0 Å². The van der Waals surface area contributed by atoms with E-state index in [1.807, 2.05) is 11.8 Å². The van der Waals surface area contributed by atoms with Gasteiger partial charge in [-0.3, -0.25) is 0 Å². The fourth-order valence-corrected chi connectivity index (χ4v) is 8.71. The molecule has 1 aliphatic heterocycles. The minimum absolute atomic E-state index is 0.177. The highest BCUT2D eigenvalue weighted by atomic mass is 32.2. The Bertz CT molecular complexity index is 1940. The lowest BCUT2D eigenvalue weighted by molar-refractivity contribution is -0.659. The fraction of sp³-hybridized carbons (Fsp3) is 0.439. The van der Waals surface area contributed by atoms with E-state index in [9.17, 15) is 0 Å². The Morgan fingerprint density at radius 2 is 1.26 bits per heavy atom. The highest BCUT2D eigenvalue weighted by Crippen LogP contribution is 2.54. The largest absolute Gasteiger partial charge is 0.222 e. The van der Waals surface area contributed by atoms with Crippen molar-refractivity contribution >= 4 is 44.1 Å². The molecule has 0 atom stereocenters. The first kappa shape index (κ1) is 30.2. The lowest BCUT2D eigenvalue weighted by atomic mass is 9.81. The van der Waals surface area contributed by atoms with Crippen LogP contribution in [0, 0.1) is 30.1 Å². The molecule has 0 saturated carbocycles. The smallest absolute Gasteiger partial charge is 0.200 e. The van der Waals surface area contributed by atoms with Crippen LogP contribution in [0.4, 0.5) is 0 Å². The summed E-state index contributed by atoms with van der Waals surface area (Å²) in [5.74, 6) is 0. The number of hydrogen-bond acceptors (Lipinski definition) is 1. The molecule has 0 unspecified atom stereocenters. The predicted molar refractivity (Wildman–Crippen MR) is 189 cm³/mol. The number of hydrogen-bond donors (Lipinski definition) is 0. The van der Waals surface area contributed by atoms with Gasteiger partial charge in [0.1, 0.15) is 7.05 Å². The normalized spacial score (nSPS) is 13.8. The van der Waals surface area contributed by atoms with Gasteiger partial charge in [0.05, 0.1) is 10.9 Å². The summed E-state index contributed by atoms with van der Waals surface area (Å²) in [6.45, 7) is 25.9. The lowest BCUT2D eigenvalue weighted by Gasteiger charge is -2.29. The third-order valence-corrected chi connectivity index (χ3v) is 10.3. The van der Waals surface area contributed by atoms with Crippen molar-refractivity contribution in [1.82, 2.24) is 0 Å². The van der Waals surface area contributed by atoms with Crippen molar-refractivity contribution in [2.75, 3.05) is 0 Å². The summed E-state index contributed by atoms with van der Waals surface area (Å²) in [6, 6.07) is 17.0. The van der Waals surface area contributed by atoms with Crippen molar-refractivity contribution in [3.8, 4) is 11.3 Å². The Kier molecular flexibility index (Phi) is 7.09. The molecule has 0 amide bonds. The minimum Gasteiger partial charge on any atom is -0.200 e. The first-order valence-electron chi connectivity index (χ1n) is 16.1. The van der Waals surface area contributed by atoms with E-state index in [0.717, 1.165) is 19.3 Å². The number of pyridine rings is 1. The van der Waals surface area contributed by atoms with Crippen molar-refractivity contribution in [1.29, 1.82) is 0 Å². The predicted octanol–water partition coefficient (Wildman–Crippen LogP) is 11.5. The molecule has 224 valence electrons. The van der Waals surface area contributed by atoms with Gasteiger partial charge in [-0.25, -0.2) is 4.57 Å². The molecule has 0 aliphatic carbocycles. The number of aromatic nitrogens is 1. The van der Waals surface area contributed by atoms with Crippen LogP contribution in [0.1, 0.15) is 90.1 Å². The van der Waals surface area contributed by atoms with Crippen molar-refractivity contribution in [2.45, 2.75) is 105 Å². The van der Waals surface area contributed by atoms with Crippen molar-refractivity contribution in [3.05, 3.63) is 76.5 Å². The highest BCUT2D eigenvalue weighted by molar-refractivity contribution is 8.00. The summed E-state index contributed by atoms with van der Waals surface area (Å²) >= 11 is 2.02. The number of fused-ring (bicyclic) bond motifs is 5. The second-order valence-electron chi connectivity index (χ2n) is 16.9. The molecule has 43 heavy (non-hydrogen) atoms. The zero-order valence-electron chi connectivity index (χ0n) is 28.6. The summed E-state index contributed by atoms with van der Waals surface area (Å²) < 4.78 is 2.38. The Morgan fingerprint density at radius 3 is 1.91 bits per heavy atom. The van der Waals surface area contributed by atoms with Gasteiger partial charge in [0.2, 0.25) is 5.69 Å². The molecule has 2 heterocycles. The van der Waals surface area contributed by atoms with Crippen LogP contribution in [-0.4, -0.2) is 0 Å². The molecule has 2 heteroatoms. The van der Waals surface area contributed by atoms with Crippen LogP contribution in [0.5, 0.6) is 0 Å². The molecular weight excluding hydrogens is 539 g/mol. The van der Waals surface area contributed by atoms with E-state index in [0.29, 0.717) is 0 Å². The monoisotopic (exact) mass is 588 g/mol. The van der Waals surface area contributed by atoms with Gasteiger partial charge in [0, 0.05) is 21.2 Å². The molecule has 6 rings (SSSR count). The van der Waals surface area contributed by atoms with Gasteiger partial charge in [0.25, 0.3) is 0 Å². The average molecular weight is 589 g/mol. The zero-order chi connectivity index (χ0) is 31.2. The fourth-order valence-electron chi connectivity index (χ4n) is 7.34. The Hall–Kier alpha value is -2.84. The van der Waals surface area contributed by atoms with Crippen molar-refractivity contribution in [3.63, 3.8) is 0 Å².